The predicted octanol–water partition coefficient (Wildman–Crippen LogP) is 3.48. The van der Waals surface area contributed by atoms with Crippen molar-refractivity contribution in [1.29, 1.82) is 0 Å². The fraction of sp³-hybridized carbons (Fsp3) is 0.118. The molecule has 0 radical (unpaired) electrons. The molecule has 0 aliphatic heterocycles. The SMILES string of the molecule is COc1ccc2oc(-c3ccccc3OC)cc(=O)c2c1. The zero-order valence-electron chi connectivity index (χ0n) is 11.8. The highest BCUT2D eigenvalue weighted by Gasteiger charge is 2.11. The van der Waals surface area contributed by atoms with Gasteiger partial charge in [-0.25, -0.2) is 0 Å². The minimum absolute atomic E-state index is 0.115. The van der Waals surface area contributed by atoms with E-state index in [1.54, 1.807) is 32.4 Å². The van der Waals surface area contributed by atoms with Gasteiger partial charge in [-0.3, -0.25) is 4.79 Å². The highest BCUT2D eigenvalue weighted by molar-refractivity contribution is 5.80. The van der Waals surface area contributed by atoms with Crippen LogP contribution in [0.2, 0.25) is 0 Å². The molecule has 2 aromatic carbocycles. The van der Waals surface area contributed by atoms with Crippen molar-refractivity contribution in [2.24, 2.45) is 0 Å². The number of ether oxygens (including phenoxy) is 2. The highest BCUT2D eigenvalue weighted by Crippen LogP contribution is 2.31. The van der Waals surface area contributed by atoms with Crippen LogP contribution in [0.5, 0.6) is 11.5 Å². The van der Waals surface area contributed by atoms with Gasteiger partial charge >= 0.3 is 0 Å². The monoisotopic (exact) mass is 282 g/mol. The zero-order chi connectivity index (χ0) is 14.8. The van der Waals surface area contributed by atoms with Crippen molar-refractivity contribution in [2.75, 3.05) is 14.2 Å². The van der Waals surface area contributed by atoms with Crippen molar-refractivity contribution in [1.82, 2.24) is 0 Å². The topological polar surface area (TPSA) is 48.7 Å². The third-order valence-electron chi connectivity index (χ3n) is 3.31. The van der Waals surface area contributed by atoms with Gasteiger partial charge in [0, 0.05) is 6.07 Å². The van der Waals surface area contributed by atoms with Gasteiger partial charge in [-0.15, -0.1) is 0 Å². The lowest BCUT2D eigenvalue weighted by atomic mass is 10.1. The molecule has 4 heteroatoms. The Morgan fingerprint density at radius 2 is 1.76 bits per heavy atom. The van der Waals surface area contributed by atoms with Crippen LogP contribution in [-0.4, -0.2) is 14.2 Å². The Balaban J connectivity index is 2.24. The fourth-order valence-corrected chi connectivity index (χ4v) is 2.24. The van der Waals surface area contributed by atoms with E-state index in [2.05, 4.69) is 0 Å². The largest absolute Gasteiger partial charge is 0.497 e. The summed E-state index contributed by atoms with van der Waals surface area (Å²) < 4.78 is 16.3. The van der Waals surface area contributed by atoms with Gasteiger partial charge in [0.15, 0.2) is 5.43 Å². The van der Waals surface area contributed by atoms with Crippen LogP contribution in [0.4, 0.5) is 0 Å². The van der Waals surface area contributed by atoms with E-state index in [4.69, 9.17) is 13.9 Å². The Labute approximate surface area is 121 Å². The molecular weight excluding hydrogens is 268 g/mol. The van der Waals surface area contributed by atoms with Crippen LogP contribution < -0.4 is 14.9 Å². The summed E-state index contributed by atoms with van der Waals surface area (Å²) in [5.41, 5.74) is 1.15. The van der Waals surface area contributed by atoms with Crippen molar-refractivity contribution in [3.63, 3.8) is 0 Å². The number of methoxy groups -OCH3 is 2. The molecule has 106 valence electrons. The van der Waals surface area contributed by atoms with E-state index in [0.29, 0.717) is 28.2 Å². The van der Waals surface area contributed by atoms with Crippen molar-refractivity contribution in [3.05, 3.63) is 58.8 Å². The Kier molecular flexibility index (Phi) is 3.36. The zero-order valence-corrected chi connectivity index (χ0v) is 11.8. The van der Waals surface area contributed by atoms with Gasteiger partial charge in [0.05, 0.1) is 25.2 Å². The number of hydrogen-bond acceptors (Lipinski definition) is 4. The van der Waals surface area contributed by atoms with Gasteiger partial charge < -0.3 is 13.9 Å². The molecular formula is C17H14O4. The number of benzene rings is 2. The van der Waals surface area contributed by atoms with Gasteiger partial charge in [0.1, 0.15) is 22.8 Å². The van der Waals surface area contributed by atoms with Crippen LogP contribution >= 0.6 is 0 Å². The van der Waals surface area contributed by atoms with Crippen molar-refractivity contribution >= 4 is 11.0 Å². The summed E-state index contributed by atoms with van der Waals surface area (Å²) in [6.07, 6.45) is 0. The summed E-state index contributed by atoms with van der Waals surface area (Å²) in [6.45, 7) is 0. The van der Waals surface area contributed by atoms with Crippen LogP contribution in [0, 0.1) is 0 Å². The lowest BCUT2D eigenvalue weighted by Gasteiger charge is -2.08. The minimum atomic E-state index is -0.115. The maximum atomic E-state index is 12.3. The molecule has 0 spiro atoms. The van der Waals surface area contributed by atoms with Crippen LogP contribution in [0.25, 0.3) is 22.3 Å². The summed E-state index contributed by atoms with van der Waals surface area (Å²) in [4.78, 5) is 12.3. The second-order valence-corrected chi connectivity index (χ2v) is 4.54. The average molecular weight is 282 g/mol. The molecule has 1 heterocycles. The molecule has 3 aromatic rings. The van der Waals surface area contributed by atoms with E-state index in [1.807, 2.05) is 24.3 Å². The number of rotatable bonds is 3. The van der Waals surface area contributed by atoms with Gasteiger partial charge in [0.2, 0.25) is 0 Å². The van der Waals surface area contributed by atoms with E-state index in [1.165, 1.54) is 6.07 Å². The Morgan fingerprint density at radius 1 is 0.952 bits per heavy atom. The van der Waals surface area contributed by atoms with Crippen LogP contribution in [0.3, 0.4) is 0 Å². The third kappa shape index (κ3) is 2.36. The fourth-order valence-electron chi connectivity index (χ4n) is 2.24. The summed E-state index contributed by atoms with van der Waals surface area (Å²) in [5.74, 6) is 1.77. The Hall–Kier alpha value is -2.75. The standard InChI is InChI=1S/C17H14O4/c1-19-11-7-8-16-13(9-11)14(18)10-17(21-16)12-5-3-4-6-15(12)20-2/h3-10H,1-2H3. The molecule has 0 fully saturated rings. The summed E-state index contributed by atoms with van der Waals surface area (Å²) in [6, 6.07) is 14.1. The van der Waals surface area contributed by atoms with Crippen LogP contribution in [0.15, 0.2) is 57.7 Å². The molecule has 0 bridgehead atoms. The van der Waals surface area contributed by atoms with E-state index < -0.39 is 0 Å². The summed E-state index contributed by atoms with van der Waals surface area (Å²) in [7, 11) is 3.15. The van der Waals surface area contributed by atoms with E-state index in [9.17, 15) is 4.79 Å². The molecule has 0 unspecified atom stereocenters. The lowest BCUT2D eigenvalue weighted by Crippen LogP contribution is -2.01. The molecule has 1 aromatic heterocycles. The normalized spacial score (nSPS) is 10.6. The van der Waals surface area contributed by atoms with Gasteiger partial charge in [-0.05, 0) is 30.3 Å². The van der Waals surface area contributed by atoms with E-state index in [0.717, 1.165) is 5.56 Å². The first-order valence-electron chi connectivity index (χ1n) is 6.48. The Morgan fingerprint density at radius 3 is 2.52 bits per heavy atom. The third-order valence-corrected chi connectivity index (χ3v) is 3.31. The van der Waals surface area contributed by atoms with Crippen molar-refractivity contribution in [3.8, 4) is 22.8 Å². The van der Waals surface area contributed by atoms with Gasteiger partial charge in [-0.2, -0.15) is 0 Å². The maximum absolute atomic E-state index is 12.3. The second kappa shape index (κ2) is 5.32. The lowest BCUT2D eigenvalue weighted by molar-refractivity contribution is 0.414. The average Bonchev–Trinajstić information content (AvgIpc) is 2.54. The molecule has 0 atom stereocenters. The molecule has 0 N–H and O–H groups in total. The molecule has 0 aliphatic carbocycles. The molecule has 4 nitrogen and oxygen atoms in total. The number of para-hydroxylation sites is 1. The summed E-state index contributed by atoms with van der Waals surface area (Å²) in [5, 5.41) is 0.494. The smallest absolute Gasteiger partial charge is 0.193 e. The molecule has 0 aliphatic rings. The molecule has 0 amide bonds. The first kappa shape index (κ1) is 13.2. The first-order chi connectivity index (χ1) is 10.2. The Bertz CT molecular complexity index is 849. The van der Waals surface area contributed by atoms with Gasteiger partial charge in [-0.1, -0.05) is 12.1 Å². The van der Waals surface area contributed by atoms with Crippen molar-refractivity contribution in [2.45, 2.75) is 0 Å². The molecule has 3 rings (SSSR count). The quantitative estimate of drug-likeness (QED) is 0.738. The van der Waals surface area contributed by atoms with Crippen LogP contribution in [0.1, 0.15) is 0 Å². The van der Waals surface area contributed by atoms with Crippen LogP contribution in [-0.2, 0) is 0 Å². The number of fused-ring (bicyclic) bond motifs is 1. The highest BCUT2D eigenvalue weighted by atomic mass is 16.5. The van der Waals surface area contributed by atoms with Gasteiger partial charge in [0.25, 0.3) is 0 Å². The molecule has 0 saturated heterocycles. The van der Waals surface area contributed by atoms with Crippen molar-refractivity contribution < 1.29 is 13.9 Å². The minimum Gasteiger partial charge on any atom is -0.497 e. The summed E-state index contributed by atoms with van der Waals surface area (Å²) >= 11 is 0. The maximum Gasteiger partial charge on any atom is 0.193 e. The van der Waals surface area contributed by atoms with E-state index in [-0.39, 0.29) is 5.43 Å². The number of hydrogen-bond donors (Lipinski definition) is 0. The first-order valence-corrected chi connectivity index (χ1v) is 6.48. The second-order valence-electron chi connectivity index (χ2n) is 4.54. The van der Waals surface area contributed by atoms with E-state index >= 15 is 0 Å². The molecule has 0 saturated carbocycles. The molecule has 21 heavy (non-hydrogen) atoms. The predicted molar refractivity (Wildman–Crippen MR) is 81.0 cm³/mol.